The Morgan fingerprint density at radius 3 is 2.77 bits per heavy atom. The number of carbonyl (C=O) groups excluding carboxylic acids is 1. The zero-order chi connectivity index (χ0) is 21.1. The van der Waals surface area contributed by atoms with Crippen molar-refractivity contribution >= 4 is 34.1 Å². The van der Waals surface area contributed by atoms with Crippen molar-refractivity contribution in [1.29, 1.82) is 5.26 Å². The molecule has 1 fully saturated rings. The fourth-order valence-electron chi connectivity index (χ4n) is 3.80. The molecule has 30 heavy (non-hydrogen) atoms. The molecule has 6 N–H and O–H groups in total. The van der Waals surface area contributed by atoms with E-state index in [-0.39, 0.29) is 29.0 Å². The molecule has 1 aromatic carbocycles. The van der Waals surface area contributed by atoms with Crippen molar-refractivity contribution in [3.8, 4) is 6.07 Å². The predicted molar refractivity (Wildman–Crippen MR) is 116 cm³/mol. The predicted octanol–water partition coefficient (Wildman–Crippen LogP) is 3.03. The van der Waals surface area contributed by atoms with Crippen molar-refractivity contribution in [2.75, 3.05) is 10.6 Å². The number of amides is 1. The molecule has 152 valence electrons. The quantitative estimate of drug-likeness (QED) is 0.514. The van der Waals surface area contributed by atoms with Crippen LogP contribution in [0.3, 0.4) is 0 Å². The summed E-state index contributed by atoms with van der Waals surface area (Å²) in [4.78, 5) is 20.9. The first-order valence-electron chi connectivity index (χ1n) is 9.94. The molecule has 0 saturated heterocycles. The number of fused-ring (bicyclic) bond motifs is 1. The molecular weight excluding hydrogens is 378 g/mol. The Hall–Kier alpha value is -3.70. The van der Waals surface area contributed by atoms with Crippen molar-refractivity contribution in [1.82, 2.24) is 9.97 Å². The molecule has 0 spiro atoms. The van der Waals surface area contributed by atoms with Gasteiger partial charge in [0.25, 0.3) is 5.91 Å². The largest absolute Gasteiger partial charge is 0.365 e. The number of hydrogen-bond donors (Lipinski definition) is 4. The maximum absolute atomic E-state index is 12.0. The molecule has 3 aromatic rings. The van der Waals surface area contributed by atoms with Gasteiger partial charge < -0.3 is 22.1 Å². The van der Waals surface area contributed by atoms with E-state index in [1.807, 2.05) is 30.3 Å². The summed E-state index contributed by atoms with van der Waals surface area (Å²) in [5.74, 6) is 0.0244. The van der Waals surface area contributed by atoms with Crippen molar-refractivity contribution in [2.24, 2.45) is 11.5 Å². The minimum Gasteiger partial charge on any atom is -0.365 e. The molecule has 8 nitrogen and oxygen atoms in total. The summed E-state index contributed by atoms with van der Waals surface area (Å²) >= 11 is 0. The minimum absolute atomic E-state index is 0.00712. The molecule has 0 aliphatic heterocycles. The number of nitrogens with one attached hydrogen (secondary N) is 2. The van der Waals surface area contributed by atoms with E-state index in [9.17, 15) is 10.1 Å². The summed E-state index contributed by atoms with van der Waals surface area (Å²) in [5, 5.41) is 17.0. The van der Waals surface area contributed by atoms with Crippen LogP contribution in [0.2, 0.25) is 0 Å². The highest BCUT2D eigenvalue weighted by atomic mass is 16.1. The van der Waals surface area contributed by atoms with Crippen LogP contribution in [0.25, 0.3) is 10.9 Å². The summed E-state index contributed by atoms with van der Waals surface area (Å²) in [6.45, 7) is 0. The number of hydrogen-bond acceptors (Lipinski definition) is 7. The van der Waals surface area contributed by atoms with Gasteiger partial charge in [0.2, 0.25) is 0 Å². The number of benzene rings is 1. The summed E-state index contributed by atoms with van der Waals surface area (Å²) < 4.78 is 0. The monoisotopic (exact) mass is 401 g/mol. The van der Waals surface area contributed by atoms with Crippen LogP contribution in [0.1, 0.15) is 41.6 Å². The van der Waals surface area contributed by atoms with Gasteiger partial charge in [0.05, 0.1) is 16.6 Å². The third-order valence-corrected chi connectivity index (χ3v) is 5.42. The van der Waals surface area contributed by atoms with Crippen LogP contribution in [-0.2, 0) is 0 Å². The molecule has 2 heterocycles. The fourth-order valence-corrected chi connectivity index (χ4v) is 3.80. The van der Waals surface area contributed by atoms with Crippen molar-refractivity contribution in [2.45, 2.75) is 37.8 Å². The summed E-state index contributed by atoms with van der Waals surface area (Å²) in [6, 6.07) is 13.0. The van der Waals surface area contributed by atoms with Crippen molar-refractivity contribution in [3.63, 3.8) is 0 Å². The Kier molecular flexibility index (Phi) is 5.46. The second-order valence-electron chi connectivity index (χ2n) is 7.49. The first-order chi connectivity index (χ1) is 14.5. The van der Waals surface area contributed by atoms with Crippen LogP contribution in [0.5, 0.6) is 0 Å². The third kappa shape index (κ3) is 4.02. The highest BCUT2D eigenvalue weighted by Crippen LogP contribution is 2.28. The number of aromatic nitrogens is 2. The molecule has 2 aromatic heterocycles. The molecule has 1 amide bonds. The first-order valence-corrected chi connectivity index (χ1v) is 9.94. The van der Waals surface area contributed by atoms with Gasteiger partial charge in [-0.3, -0.25) is 9.78 Å². The van der Waals surface area contributed by atoms with Crippen molar-refractivity contribution < 1.29 is 4.79 Å². The van der Waals surface area contributed by atoms with Crippen LogP contribution < -0.4 is 22.1 Å². The van der Waals surface area contributed by atoms with E-state index in [0.29, 0.717) is 5.82 Å². The van der Waals surface area contributed by atoms with Crippen LogP contribution in [-0.4, -0.2) is 28.0 Å². The molecule has 0 unspecified atom stereocenters. The normalized spacial score (nSPS) is 18.5. The summed E-state index contributed by atoms with van der Waals surface area (Å²) in [5.41, 5.74) is 13.8. The standard InChI is InChI=1S/C22H23N7O/c23-12-14-11-16(20(25)30)22(29-21(14)28-19-6-2-1-5-17(19)24)27-15-7-8-18-13(10-15)4-3-9-26-18/h3-4,7-11,17,19H,1-2,5-6,24H2,(H2,25,30)(H2,27,28,29)/t17-,19+/m0/s1. The van der Waals surface area contributed by atoms with Crippen LogP contribution in [0.4, 0.5) is 17.3 Å². The van der Waals surface area contributed by atoms with E-state index < -0.39 is 5.91 Å². The number of primary amides is 1. The van der Waals surface area contributed by atoms with E-state index in [4.69, 9.17) is 11.5 Å². The van der Waals surface area contributed by atoms with Gasteiger partial charge >= 0.3 is 0 Å². The third-order valence-electron chi connectivity index (χ3n) is 5.42. The van der Waals surface area contributed by atoms with Gasteiger partial charge in [0.15, 0.2) is 0 Å². The molecule has 0 bridgehead atoms. The highest BCUT2D eigenvalue weighted by molar-refractivity contribution is 5.99. The van der Waals surface area contributed by atoms with Gasteiger partial charge in [-0.1, -0.05) is 18.9 Å². The Morgan fingerprint density at radius 1 is 1.17 bits per heavy atom. The number of rotatable bonds is 5. The number of nitriles is 1. The molecule has 1 aliphatic carbocycles. The molecule has 2 atom stereocenters. The molecule has 4 rings (SSSR count). The van der Waals surface area contributed by atoms with Crippen LogP contribution >= 0.6 is 0 Å². The van der Waals surface area contributed by atoms with E-state index in [1.165, 1.54) is 6.07 Å². The maximum Gasteiger partial charge on any atom is 0.252 e. The SMILES string of the molecule is N#Cc1cc(C(N)=O)c(Nc2ccc3ncccc3c2)nc1N[C@@H]1CCCC[C@@H]1N. The van der Waals surface area contributed by atoms with Gasteiger partial charge in [-0.05, 0) is 43.2 Å². The lowest BCUT2D eigenvalue weighted by Crippen LogP contribution is -2.43. The average Bonchev–Trinajstić information content (AvgIpc) is 2.75. The lowest BCUT2D eigenvalue weighted by molar-refractivity contribution is 0.100. The van der Waals surface area contributed by atoms with E-state index in [0.717, 1.165) is 42.3 Å². The van der Waals surface area contributed by atoms with Gasteiger partial charge in [-0.2, -0.15) is 5.26 Å². The number of anilines is 3. The minimum atomic E-state index is -0.662. The lowest BCUT2D eigenvalue weighted by atomic mass is 9.91. The summed E-state index contributed by atoms with van der Waals surface area (Å²) in [6.07, 6.45) is 5.74. The lowest BCUT2D eigenvalue weighted by Gasteiger charge is -2.30. The Balaban J connectivity index is 1.71. The fraction of sp³-hybridized carbons (Fsp3) is 0.273. The number of carbonyl (C=O) groups is 1. The van der Waals surface area contributed by atoms with Crippen molar-refractivity contribution in [3.05, 3.63) is 53.7 Å². The maximum atomic E-state index is 12.0. The number of nitrogens with zero attached hydrogens (tertiary/aromatic N) is 3. The zero-order valence-corrected chi connectivity index (χ0v) is 16.4. The zero-order valence-electron chi connectivity index (χ0n) is 16.4. The van der Waals surface area contributed by atoms with E-state index in [1.54, 1.807) is 6.20 Å². The molecular formula is C22H23N7O. The first kappa shape index (κ1) is 19.6. The Bertz CT molecular complexity index is 1140. The molecule has 0 radical (unpaired) electrons. The molecule has 8 heteroatoms. The number of nitrogens with two attached hydrogens (primary N) is 2. The van der Waals surface area contributed by atoms with E-state index in [2.05, 4.69) is 26.7 Å². The average molecular weight is 401 g/mol. The second kappa shape index (κ2) is 8.35. The van der Waals surface area contributed by atoms with Gasteiger partial charge in [-0.25, -0.2) is 4.98 Å². The van der Waals surface area contributed by atoms with Gasteiger partial charge in [-0.15, -0.1) is 0 Å². The highest BCUT2D eigenvalue weighted by Gasteiger charge is 2.24. The van der Waals surface area contributed by atoms with E-state index >= 15 is 0 Å². The van der Waals surface area contributed by atoms with Gasteiger partial charge in [0.1, 0.15) is 17.7 Å². The smallest absolute Gasteiger partial charge is 0.252 e. The Labute approximate surface area is 174 Å². The molecule has 1 saturated carbocycles. The number of pyridine rings is 2. The summed E-state index contributed by atoms with van der Waals surface area (Å²) in [7, 11) is 0. The van der Waals surface area contributed by atoms with Gasteiger partial charge in [0, 0.05) is 29.4 Å². The topological polar surface area (TPSA) is 143 Å². The van der Waals surface area contributed by atoms with Crippen LogP contribution in [0.15, 0.2) is 42.6 Å². The second-order valence-corrected chi connectivity index (χ2v) is 7.49. The Morgan fingerprint density at radius 2 is 2.00 bits per heavy atom. The van der Waals surface area contributed by atoms with Crippen LogP contribution in [0, 0.1) is 11.3 Å². The molecule has 1 aliphatic rings.